The summed E-state index contributed by atoms with van der Waals surface area (Å²) in [6, 6.07) is 7.68. The highest BCUT2D eigenvalue weighted by Gasteiger charge is 2.18. The number of alkyl halides is 1. The third kappa shape index (κ3) is 13.4. The third-order valence-corrected chi connectivity index (χ3v) is 6.08. The first-order chi connectivity index (χ1) is 18.7. The standard InChI is InChI=1S/C17H18ClN5OS.C5H9F.3C2H6.CH4O/c1-21-6-8-22(9-7-21)16-5-3-12-2-4-15(23(12)20-16)17(24)19-14-11-25-10-13(14)18;1-4-5(2,3)6;4*1-2/h2-5,10-11H,6-9H2,1H3,(H,19,24);4H,1H2,2-3H3;3*1-2H3;2H,1H3. The Morgan fingerprint density at radius 1 is 1.05 bits per heavy atom. The van der Waals surface area contributed by atoms with E-state index in [1.54, 1.807) is 16.0 Å². The van der Waals surface area contributed by atoms with Crippen molar-refractivity contribution >= 4 is 45.9 Å². The second kappa shape index (κ2) is 21.4. The normalized spacial score (nSPS) is 12.4. The van der Waals surface area contributed by atoms with Gasteiger partial charge in [0, 0.05) is 44.0 Å². The fourth-order valence-electron chi connectivity index (χ4n) is 2.91. The summed E-state index contributed by atoms with van der Waals surface area (Å²) in [5, 5.41) is 18.7. The molecule has 1 amide bonds. The Balaban J connectivity index is 0. The molecule has 222 valence electrons. The number of anilines is 2. The smallest absolute Gasteiger partial charge is 0.274 e. The lowest BCUT2D eigenvalue weighted by Gasteiger charge is -2.33. The molecular formula is C29H49ClFN5O2S. The molecule has 0 unspecified atom stereocenters. The van der Waals surface area contributed by atoms with Crippen LogP contribution in [0.2, 0.25) is 5.02 Å². The zero-order chi connectivity index (χ0) is 30.6. The van der Waals surface area contributed by atoms with Crippen molar-refractivity contribution in [3.8, 4) is 0 Å². The number of aliphatic hydroxyl groups is 1. The molecule has 0 spiro atoms. The van der Waals surface area contributed by atoms with E-state index in [1.165, 1.54) is 31.3 Å². The molecule has 1 aliphatic heterocycles. The van der Waals surface area contributed by atoms with Crippen molar-refractivity contribution in [2.45, 2.75) is 61.1 Å². The van der Waals surface area contributed by atoms with E-state index in [-0.39, 0.29) is 5.91 Å². The maximum Gasteiger partial charge on any atom is 0.274 e. The second-order valence-electron chi connectivity index (χ2n) is 7.89. The van der Waals surface area contributed by atoms with Crippen molar-refractivity contribution in [2.24, 2.45) is 0 Å². The van der Waals surface area contributed by atoms with Crippen LogP contribution in [0.25, 0.3) is 5.52 Å². The number of nitrogens with zero attached hydrogens (tertiary/aromatic N) is 4. The summed E-state index contributed by atoms with van der Waals surface area (Å²) in [5.41, 5.74) is 0.814. The van der Waals surface area contributed by atoms with Gasteiger partial charge >= 0.3 is 0 Å². The number of likely N-dealkylation sites (N-methyl/N-ethyl adjacent to an activating group) is 1. The van der Waals surface area contributed by atoms with Crippen molar-refractivity contribution in [1.82, 2.24) is 14.5 Å². The number of rotatable bonds is 4. The molecule has 3 aromatic rings. The van der Waals surface area contributed by atoms with Gasteiger partial charge in [-0.2, -0.15) is 0 Å². The van der Waals surface area contributed by atoms with Gasteiger partial charge in [0.1, 0.15) is 17.2 Å². The van der Waals surface area contributed by atoms with E-state index in [0.29, 0.717) is 16.4 Å². The number of amides is 1. The number of hydrogen-bond acceptors (Lipinski definition) is 6. The van der Waals surface area contributed by atoms with E-state index in [9.17, 15) is 9.18 Å². The molecule has 0 atom stereocenters. The molecule has 1 fully saturated rings. The van der Waals surface area contributed by atoms with Crippen LogP contribution in [0, 0.1) is 0 Å². The molecule has 0 aromatic carbocycles. The molecule has 1 aliphatic rings. The Morgan fingerprint density at radius 2 is 1.56 bits per heavy atom. The molecule has 1 saturated heterocycles. The third-order valence-electron chi connectivity index (χ3n) is 4.90. The average Bonchev–Trinajstić information content (AvgIpc) is 3.59. The number of fused-ring (bicyclic) bond motifs is 1. The van der Waals surface area contributed by atoms with Crippen LogP contribution in [0.3, 0.4) is 0 Å². The molecule has 0 saturated carbocycles. The molecule has 7 nitrogen and oxygen atoms in total. The van der Waals surface area contributed by atoms with Crippen LogP contribution in [-0.4, -0.2) is 71.5 Å². The van der Waals surface area contributed by atoms with Crippen LogP contribution in [0.1, 0.15) is 65.9 Å². The summed E-state index contributed by atoms with van der Waals surface area (Å²) in [7, 11) is 3.12. The number of piperazine rings is 1. The first kappa shape index (κ1) is 38.7. The zero-order valence-corrected chi connectivity index (χ0v) is 27.0. The van der Waals surface area contributed by atoms with Crippen LogP contribution in [-0.2, 0) is 0 Å². The molecule has 3 aromatic heterocycles. The molecule has 0 bridgehead atoms. The second-order valence-corrected chi connectivity index (χ2v) is 9.04. The van der Waals surface area contributed by atoms with Crippen molar-refractivity contribution in [3.63, 3.8) is 0 Å². The van der Waals surface area contributed by atoms with Crippen LogP contribution in [0.5, 0.6) is 0 Å². The fraction of sp³-hybridized carbons (Fsp3) is 0.517. The van der Waals surface area contributed by atoms with Crippen molar-refractivity contribution in [2.75, 3.05) is 50.6 Å². The molecule has 10 heteroatoms. The minimum absolute atomic E-state index is 0.219. The maximum absolute atomic E-state index is 12.6. The number of aliphatic hydroxyl groups excluding tert-OH is 1. The topological polar surface area (TPSA) is 73.1 Å². The Bertz CT molecular complexity index is 1060. The van der Waals surface area contributed by atoms with Gasteiger partial charge in [0.2, 0.25) is 0 Å². The van der Waals surface area contributed by atoms with Crippen LogP contribution >= 0.6 is 22.9 Å². The van der Waals surface area contributed by atoms with Gasteiger partial charge in [-0.15, -0.1) is 16.4 Å². The molecule has 2 N–H and O–H groups in total. The van der Waals surface area contributed by atoms with E-state index in [1.807, 2.05) is 65.1 Å². The minimum Gasteiger partial charge on any atom is -0.400 e. The molecule has 0 radical (unpaired) electrons. The Labute approximate surface area is 244 Å². The number of aromatic nitrogens is 2. The highest BCUT2D eigenvalue weighted by atomic mass is 35.5. The summed E-state index contributed by atoms with van der Waals surface area (Å²) < 4.78 is 13.7. The van der Waals surface area contributed by atoms with Crippen LogP contribution in [0.15, 0.2) is 47.7 Å². The SMILES string of the molecule is C=CC(C)(C)F.CC.CC.CC.CN1CCN(c2ccc3ccc(C(=O)Nc4cscc4Cl)n3n2)CC1.CO. The van der Waals surface area contributed by atoms with Crippen LogP contribution in [0.4, 0.5) is 15.9 Å². The van der Waals surface area contributed by atoms with Gasteiger partial charge < -0.3 is 20.2 Å². The van der Waals surface area contributed by atoms with Crippen molar-refractivity contribution in [1.29, 1.82) is 0 Å². The summed E-state index contributed by atoms with van der Waals surface area (Å²) in [6.45, 7) is 22.1. The van der Waals surface area contributed by atoms with Crippen molar-refractivity contribution < 1.29 is 14.3 Å². The Morgan fingerprint density at radius 3 is 2.03 bits per heavy atom. The average molecular weight is 586 g/mol. The van der Waals surface area contributed by atoms with E-state index >= 15 is 0 Å². The number of carbonyl (C=O) groups is 1. The number of hydrogen-bond donors (Lipinski definition) is 2. The predicted octanol–water partition coefficient (Wildman–Crippen LogP) is 7.66. The number of carbonyl (C=O) groups excluding carboxylic acids is 1. The lowest BCUT2D eigenvalue weighted by molar-refractivity contribution is 0.102. The van der Waals surface area contributed by atoms with Gasteiger partial charge in [-0.1, -0.05) is 65.8 Å². The largest absolute Gasteiger partial charge is 0.400 e. The van der Waals surface area contributed by atoms with Gasteiger partial charge in [-0.3, -0.25) is 4.79 Å². The number of nitrogens with one attached hydrogen (secondary N) is 1. The van der Waals surface area contributed by atoms with Gasteiger partial charge in [-0.05, 0) is 45.2 Å². The van der Waals surface area contributed by atoms with Gasteiger partial charge in [0.15, 0.2) is 0 Å². The Kier molecular flexibility index (Phi) is 21.2. The quantitative estimate of drug-likeness (QED) is 0.307. The van der Waals surface area contributed by atoms with E-state index in [0.717, 1.165) is 44.6 Å². The predicted molar refractivity (Wildman–Crippen MR) is 170 cm³/mol. The number of halogens is 2. The molecule has 4 rings (SSSR count). The number of thiophene rings is 1. The lowest BCUT2D eigenvalue weighted by atomic mass is 10.2. The van der Waals surface area contributed by atoms with Gasteiger partial charge in [0.05, 0.1) is 16.2 Å². The summed E-state index contributed by atoms with van der Waals surface area (Å²) >= 11 is 7.52. The highest BCUT2D eigenvalue weighted by Crippen LogP contribution is 2.26. The first-order valence-corrected chi connectivity index (χ1v) is 14.7. The van der Waals surface area contributed by atoms with E-state index in [4.69, 9.17) is 16.7 Å². The molecule has 0 aliphatic carbocycles. The summed E-state index contributed by atoms with van der Waals surface area (Å²) in [5.74, 6) is 0.669. The maximum atomic E-state index is 12.6. The van der Waals surface area contributed by atoms with E-state index < -0.39 is 5.67 Å². The number of allylic oxidation sites excluding steroid dienone is 1. The zero-order valence-electron chi connectivity index (χ0n) is 25.4. The summed E-state index contributed by atoms with van der Waals surface area (Å²) in [4.78, 5) is 17.2. The van der Waals surface area contributed by atoms with Gasteiger partial charge in [0.25, 0.3) is 5.91 Å². The highest BCUT2D eigenvalue weighted by molar-refractivity contribution is 7.09. The van der Waals surface area contributed by atoms with Crippen LogP contribution < -0.4 is 10.2 Å². The molecule has 4 heterocycles. The monoisotopic (exact) mass is 585 g/mol. The van der Waals surface area contributed by atoms with E-state index in [2.05, 4.69) is 33.8 Å². The lowest BCUT2D eigenvalue weighted by Crippen LogP contribution is -2.45. The minimum atomic E-state index is -1.19. The fourth-order valence-corrected chi connectivity index (χ4v) is 3.87. The molecule has 39 heavy (non-hydrogen) atoms. The Hall–Kier alpha value is -2.46. The van der Waals surface area contributed by atoms with Gasteiger partial charge in [-0.25, -0.2) is 8.91 Å². The first-order valence-electron chi connectivity index (χ1n) is 13.4. The summed E-state index contributed by atoms with van der Waals surface area (Å²) in [6.07, 6.45) is 1.27. The molecular weight excluding hydrogens is 537 g/mol. The van der Waals surface area contributed by atoms with Crippen molar-refractivity contribution in [3.05, 3.63) is 58.4 Å².